The predicted molar refractivity (Wildman–Crippen MR) is 84.5 cm³/mol. The van der Waals surface area contributed by atoms with E-state index in [-0.39, 0.29) is 0 Å². The maximum absolute atomic E-state index is 5.91. The molecule has 0 bridgehead atoms. The molecular weight excluding hydrogens is 278 g/mol. The monoisotopic (exact) mass is 295 g/mol. The Morgan fingerprint density at radius 1 is 1.23 bits per heavy atom. The Morgan fingerprint density at radius 2 is 2.18 bits per heavy atom. The molecule has 4 rings (SSSR count). The summed E-state index contributed by atoms with van der Waals surface area (Å²) in [6.45, 7) is 1.89. The topological polar surface area (TPSA) is 96.6 Å². The van der Waals surface area contributed by atoms with E-state index in [0.717, 1.165) is 43.1 Å². The number of nitrogens with zero attached hydrogens (tertiary/aromatic N) is 5. The van der Waals surface area contributed by atoms with Crippen molar-refractivity contribution < 1.29 is 0 Å². The minimum Gasteiger partial charge on any atom is -0.382 e. The van der Waals surface area contributed by atoms with Crippen LogP contribution in [0.4, 0.5) is 11.6 Å². The van der Waals surface area contributed by atoms with Gasteiger partial charge in [-0.3, -0.25) is 0 Å². The minimum atomic E-state index is 0.408. The van der Waals surface area contributed by atoms with Gasteiger partial charge in [0.1, 0.15) is 23.5 Å². The molecule has 7 nitrogen and oxygen atoms in total. The summed E-state index contributed by atoms with van der Waals surface area (Å²) in [5.74, 6) is 2.80. The Hall–Kier alpha value is -2.70. The number of hydrogen-bond acceptors (Lipinski definition) is 6. The van der Waals surface area contributed by atoms with Crippen LogP contribution >= 0.6 is 0 Å². The van der Waals surface area contributed by atoms with Gasteiger partial charge >= 0.3 is 0 Å². The van der Waals surface area contributed by atoms with Crippen LogP contribution in [-0.4, -0.2) is 38.0 Å². The first kappa shape index (κ1) is 13.0. The maximum atomic E-state index is 5.91. The summed E-state index contributed by atoms with van der Waals surface area (Å²) < 4.78 is 0. The van der Waals surface area contributed by atoms with Crippen molar-refractivity contribution in [2.75, 3.05) is 23.7 Å². The van der Waals surface area contributed by atoms with Crippen LogP contribution in [-0.2, 0) is 0 Å². The second kappa shape index (κ2) is 5.25. The summed E-state index contributed by atoms with van der Waals surface area (Å²) >= 11 is 0. The fourth-order valence-electron chi connectivity index (χ4n) is 3.03. The van der Waals surface area contributed by atoms with Crippen molar-refractivity contribution >= 4 is 22.7 Å². The van der Waals surface area contributed by atoms with Gasteiger partial charge in [-0.1, -0.05) is 0 Å². The van der Waals surface area contributed by atoms with Crippen LogP contribution in [0.25, 0.3) is 11.0 Å². The number of pyridine rings is 1. The number of nitrogens with two attached hydrogens (primary N) is 1. The number of fused-ring (bicyclic) bond motifs is 1. The summed E-state index contributed by atoms with van der Waals surface area (Å²) in [5, 5.41) is 0. The second-order valence-corrected chi connectivity index (χ2v) is 5.56. The van der Waals surface area contributed by atoms with Crippen LogP contribution in [0.3, 0.4) is 0 Å². The zero-order valence-electron chi connectivity index (χ0n) is 12.1. The Balaban J connectivity index is 1.65. The number of nitrogens with one attached hydrogen (secondary N) is 1. The SMILES string of the molecule is Nc1ncnc2ccc(N3CCCC(c4ncc[nH]4)C3)nc12. The number of aromatic nitrogens is 5. The molecule has 112 valence electrons. The Kier molecular flexibility index (Phi) is 3.10. The van der Waals surface area contributed by atoms with Gasteiger partial charge in [-0.25, -0.2) is 19.9 Å². The van der Waals surface area contributed by atoms with Crippen molar-refractivity contribution in [3.63, 3.8) is 0 Å². The number of nitrogen functional groups attached to an aromatic ring is 1. The lowest BCUT2D eigenvalue weighted by Crippen LogP contribution is -2.35. The van der Waals surface area contributed by atoms with Crippen molar-refractivity contribution in [2.24, 2.45) is 0 Å². The number of piperidine rings is 1. The molecule has 0 saturated carbocycles. The van der Waals surface area contributed by atoms with Crippen LogP contribution in [0.15, 0.2) is 30.9 Å². The standard InChI is InChI=1S/C15H17N7/c16-14-13-11(19-9-20-14)3-4-12(21-13)22-7-1-2-10(8-22)15-17-5-6-18-15/h3-6,9-10H,1-2,7-8H2,(H,17,18)(H2,16,19,20). The summed E-state index contributed by atoms with van der Waals surface area (Å²) in [7, 11) is 0. The van der Waals surface area contributed by atoms with Crippen molar-refractivity contribution in [1.29, 1.82) is 0 Å². The van der Waals surface area contributed by atoms with E-state index in [1.165, 1.54) is 6.33 Å². The van der Waals surface area contributed by atoms with E-state index < -0.39 is 0 Å². The third-order valence-corrected chi connectivity index (χ3v) is 4.15. The second-order valence-electron chi connectivity index (χ2n) is 5.56. The smallest absolute Gasteiger partial charge is 0.153 e. The van der Waals surface area contributed by atoms with Gasteiger partial charge in [-0.2, -0.15) is 0 Å². The Morgan fingerprint density at radius 3 is 3.05 bits per heavy atom. The lowest BCUT2D eigenvalue weighted by Gasteiger charge is -2.32. The first-order valence-electron chi connectivity index (χ1n) is 7.43. The Bertz CT molecular complexity index is 784. The highest BCUT2D eigenvalue weighted by Crippen LogP contribution is 2.28. The van der Waals surface area contributed by atoms with Gasteiger partial charge in [0.05, 0.1) is 5.52 Å². The minimum absolute atomic E-state index is 0.408. The number of hydrogen-bond donors (Lipinski definition) is 2. The molecule has 1 aliphatic rings. The van der Waals surface area contributed by atoms with E-state index >= 15 is 0 Å². The molecule has 1 saturated heterocycles. The van der Waals surface area contributed by atoms with Crippen molar-refractivity contribution in [3.8, 4) is 0 Å². The van der Waals surface area contributed by atoms with E-state index in [2.05, 4.69) is 29.8 Å². The van der Waals surface area contributed by atoms with Crippen LogP contribution in [0.5, 0.6) is 0 Å². The summed E-state index contributed by atoms with van der Waals surface area (Å²) in [6, 6.07) is 3.95. The van der Waals surface area contributed by atoms with Crippen molar-refractivity contribution in [2.45, 2.75) is 18.8 Å². The van der Waals surface area contributed by atoms with Crippen LogP contribution in [0, 0.1) is 0 Å². The molecular formula is C15H17N7. The first-order chi connectivity index (χ1) is 10.8. The van der Waals surface area contributed by atoms with E-state index in [9.17, 15) is 0 Å². The van der Waals surface area contributed by atoms with Gasteiger partial charge in [-0.05, 0) is 25.0 Å². The van der Waals surface area contributed by atoms with Crippen LogP contribution < -0.4 is 10.6 Å². The fourth-order valence-corrected chi connectivity index (χ4v) is 3.03. The molecule has 3 aromatic rings. The number of imidazole rings is 1. The maximum Gasteiger partial charge on any atom is 0.153 e. The number of anilines is 2. The largest absolute Gasteiger partial charge is 0.382 e. The predicted octanol–water partition coefficient (Wildman–Crippen LogP) is 1.71. The molecule has 1 fully saturated rings. The zero-order valence-corrected chi connectivity index (χ0v) is 12.1. The van der Waals surface area contributed by atoms with Gasteiger partial charge in [0.2, 0.25) is 0 Å². The van der Waals surface area contributed by atoms with Gasteiger partial charge in [0.15, 0.2) is 5.82 Å². The average Bonchev–Trinajstić information content (AvgIpc) is 3.10. The molecule has 0 spiro atoms. The molecule has 1 unspecified atom stereocenters. The molecule has 0 aromatic carbocycles. The lowest BCUT2D eigenvalue weighted by atomic mass is 9.97. The molecule has 0 radical (unpaired) electrons. The molecule has 0 aliphatic carbocycles. The average molecular weight is 295 g/mol. The highest BCUT2D eigenvalue weighted by Gasteiger charge is 2.24. The van der Waals surface area contributed by atoms with Gasteiger partial charge in [-0.15, -0.1) is 0 Å². The molecule has 4 heterocycles. The van der Waals surface area contributed by atoms with E-state index in [1.54, 1.807) is 6.20 Å². The van der Waals surface area contributed by atoms with Gasteiger partial charge in [0.25, 0.3) is 0 Å². The first-order valence-corrected chi connectivity index (χ1v) is 7.43. The summed E-state index contributed by atoms with van der Waals surface area (Å²) in [4.78, 5) is 22.8. The number of rotatable bonds is 2. The Labute approximate surface area is 127 Å². The zero-order chi connectivity index (χ0) is 14.9. The molecule has 3 aromatic heterocycles. The molecule has 22 heavy (non-hydrogen) atoms. The molecule has 1 atom stereocenters. The highest BCUT2D eigenvalue weighted by molar-refractivity contribution is 5.84. The van der Waals surface area contributed by atoms with Crippen LogP contribution in [0.2, 0.25) is 0 Å². The number of aromatic amines is 1. The summed E-state index contributed by atoms with van der Waals surface area (Å²) in [6.07, 6.45) is 7.41. The van der Waals surface area contributed by atoms with E-state index in [4.69, 9.17) is 5.73 Å². The molecule has 7 heteroatoms. The molecule has 0 amide bonds. The van der Waals surface area contributed by atoms with E-state index in [0.29, 0.717) is 17.3 Å². The molecule has 1 aliphatic heterocycles. The van der Waals surface area contributed by atoms with Crippen molar-refractivity contribution in [3.05, 3.63) is 36.7 Å². The molecule has 3 N–H and O–H groups in total. The lowest BCUT2D eigenvalue weighted by molar-refractivity contribution is 0.492. The normalized spacial score (nSPS) is 18.7. The van der Waals surface area contributed by atoms with Crippen molar-refractivity contribution in [1.82, 2.24) is 24.9 Å². The number of H-pyrrole nitrogens is 1. The highest BCUT2D eigenvalue weighted by atomic mass is 15.2. The van der Waals surface area contributed by atoms with Gasteiger partial charge < -0.3 is 15.6 Å². The van der Waals surface area contributed by atoms with Crippen LogP contribution in [0.1, 0.15) is 24.6 Å². The quantitative estimate of drug-likeness (QED) is 0.747. The third-order valence-electron chi connectivity index (χ3n) is 4.15. The fraction of sp³-hybridized carbons (Fsp3) is 0.333. The third kappa shape index (κ3) is 2.24. The van der Waals surface area contributed by atoms with E-state index in [1.807, 2.05) is 18.3 Å². The summed E-state index contributed by atoms with van der Waals surface area (Å²) in [5.41, 5.74) is 7.35. The van der Waals surface area contributed by atoms with Gasteiger partial charge in [0, 0.05) is 31.4 Å².